The molecule has 0 saturated carbocycles. The third kappa shape index (κ3) is 3.28. The van der Waals surface area contributed by atoms with Crippen LogP contribution in [0, 0.1) is 0 Å². The Morgan fingerprint density at radius 1 is 1.43 bits per heavy atom. The molecule has 0 unspecified atom stereocenters. The molecule has 2 heterocycles. The van der Waals surface area contributed by atoms with Crippen molar-refractivity contribution in [3.05, 3.63) is 53.8 Å². The van der Waals surface area contributed by atoms with Crippen molar-refractivity contribution in [2.45, 2.75) is 12.6 Å². The van der Waals surface area contributed by atoms with Gasteiger partial charge in [0, 0.05) is 12.2 Å². The second kappa shape index (κ2) is 5.91. The van der Waals surface area contributed by atoms with E-state index in [0.717, 1.165) is 12.1 Å². The Kier molecular flexibility index (Phi) is 3.61. The topological polar surface area (TPSA) is 42.4 Å². The zero-order chi connectivity index (χ0) is 17.3. The molecule has 23 heavy (non-hydrogen) atoms. The molecule has 1 aliphatic rings. The molecular weight excluding hydrogens is 309 g/mol. The number of hydrogen-bond donors (Lipinski definition) is 0. The van der Waals surface area contributed by atoms with Gasteiger partial charge in [-0.15, -0.1) is 0 Å². The standard InChI is InChI=1S/C16H13F3N2O2/c17-16(18,19)12-3-1-2-11(8-12)9-15(22)21-6-7-23-14-4-5-20-10-13(14)21/h1-5,8,10H,6-7,9H2/i4D. The number of alkyl halides is 3. The van der Waals surface area contributed by atoms with Crippen LogP contribution in [0.1, 0.15) is 12.5 Å². The van der Waals surface area contributed by atoms with E-state index >= 15 is 0 Å². The SMILES string of the molecule is [2H]c1cncc2c1OCCN2C(=O)Cc1cccc(C(F)(F)F)c1. The molecule has 0 fully saturated rings. The molecular formula is C16H13F3N2O2. The number of nitrogens with zero attached hydrogens (tertiary/aromatic N) is 2. The molecule has 120 valence electrons. The van der Waals surface area contributed by atoms with Crippen LogP contribution in [-0.2, 0) is 17.4 Å². The highest BCUT2D eigenvalue weighted by molar-refractivity contribution is 5.96. The maximum absolute atomic E-state index is 12.8. The largest absolute Gasteiger partial charge is 0.489 e. The van der Waals surface area contributed by atoms with Gasteiger partial charge in [-0.1, -0.05) is 18.2 Å². The number of anilines is 1. The maximum atomic E-state index is 12.8. The molecule has 1 aromatic carbocycles. The smallest absolute Gasteiger partial charge is 0.416 e. The van der Waals surface area contributed by atoms with Crippen LogP contribution in [0.4, 0.5) is 18.9 Å². The van der Waals surface area contributed by atoms with Crippen LogP contribution in [-0.4, -0.2) is 24.0 Å². The molecule has 0 radical (unpaired) electrons. The fourth-order valence-electron chi connectivity index (χ4n) is 2.39. The summed E-state index contributed by atoms with van der Waals surface area (Å²) in [4.78, 5) is 17.8. The van der Waals surface area contributed by atoms with Gasteiger partial charge in [-0.2, -0.15) is 13.2 Å². The lowest BCUT2D eigenvalue weighted by Crippen LogP contribution is -2.39. The average molecular weight is 323 g/mol. The number of pyridine rings is 1. The van der Waals surface area contributed by atoms with Gasteiger partial charge < -0.3 is 9.64 Å². The predicted molar refractivity (Wildman–Crippen MR) is 77.2 cm³/mol. The highest BCUT2D eigenvalue weighted by Gasteiger charge is 2.31. The minimum atomic E-state index is -4.45. The molecule has 4 nitrogen and oxygen atoms in total. The second-order valence-electron chi connectivity index (χ2n) is 5.03. The van der Waals surface area contributed by atoms with E-state index in [1.807, 2.05) is 0 Å². The van der Waals surface area contributed by atoms with E-state index in [1.54, 1.807) is 0 Å². The number of carbonyl (C=O) groups excluding carboxylic acids is 1. The lowest BCUT2D eigenvalue weighted by molar-refractivity contribution is -0.137. The summed E-state index contributed by atoms with van der Waals surface area (Å²) in [6, 6.07) is 4.76. The quantitative estimate of drug-likeness (QED) is 0.853. The van der Waals surface area contributed by atoms with Gasteiger partial charge in [0.05, 0.1) is 26.1 Å². The summed E-state index contributed by atoms with van der Waals surface area (Å²) in [7, 11) is 0. The first-order chi connectivity index (χ1) is 11.4. The number of ether oxygens (including phenoxy) is 1. The molecule has 0 spiro atoms. The summed E-state index contributed by atoms with van der Waals surface area (Å²) in [6.07, 6.45) is -1.91. The number of rotatable bonds is 2. The third-order valence-corrected chi connectivity index (χ3v) is 3.46. The Hall–Kier alpha value is -2.57. The van der Waals surface area contributed by atoms with Gasteiger partial charge in [0.15, 0.2) is 0 Å². The van der Waals surface area contributed by atoms with Crippen LogP contribution in [0.25, 0.3) is 0 Å². The summed E-state index contributed by atoms with van der Waals surface area (Å²) in [5, 5.41) is 0. The average Bonchev–Trinajstić information content (AvgIpc) is 2.54. The van der Waals surface area contributed by atoms with E-state index in [0.29, 0.717) is 5.69 Å². The summed E-state index contributed by atoms with van der Waals surface area (Å²) in [5.74, 6) is -0.111. The predicted octanol–water partition coefficient (Wildman–Crippen LogP) is 3.07. The number of amides is 1. The number of benzene rings is 1. The zero-order valence-corrected chi connectivity index (χ0v) is 11.9. The van der Waals surface area contributed by atoms with Crippen LogP contribution in [0.5, 0.6) is 5.75 Å². The minimum absolute atomic E-state index is 0.0593. The van der Waals surface area contributed by atoms with E-state index in [2.05, 4.69) is 4.98 Å². The van der Waals surface area contributed by atoms with Crippen molar-refractivity contribution in [1.82, 2.24) is 4.98 Å². The number of halogens is 3. The highest BCUT2D eigenvalue weighted by atomic mass is 19.4. The monoisotopic (exact) mass is 323 g/mol. The molecule has 0 aliphatic carbocycles. The lowest BCUT2D eigenvalue weighted by Gasteiger charge is -2.29. The molecule has 0 atom stereocenters. The number of hydrogen-bond acceptors (Lipinski definition) is 3. The number of fused-ring (bicyclic) bond motifs is 1. The lowest BCUT2D eigenvalue weighted by atomic mass is 10.1. The molecule has 0 N–H and O–H groups in total. The van der Waals surface area contributed by atoms with Gasteiger partial charge in [-0.25, -0.2) is 0 Å². The first-order valence-electron chi connectivity index (χ1n) is 7.40. The molecule has 3 rings (SSSR count). The Bertz CT molecular complexity index is 780. The Morgan fingerprint density at radius 3 is 3.04 bits per heavy atom. The van der Waals surface area contributed by atoms with E-state index in [9.17, 15) is 18.0 Å². The van der Waals surface area contributed by atoms with Crippen molar-refractivity contribution < 1.29 is 24.1 Å². The second-order valence-corrected chi connectivity index (χ2v) is 5.03. The van der Waals surface area contributed by atoms with Crippen molar-refractivity contribution in [3.8, 4) is 5.75 Å². The Morgan fingerprint density at radius 2 is 2.26 bits per heavy atom. The van der Waals surface area contributed by atoms with E-state index < -0.39 is 11.7 Å². The van der Waals surface area contributed by atoms with Gasteiger partial charge in [0.25, 0.3) is 0 Å². The molecule has 1 amide bonds. The molecule has 7 heteroatoms. The summed E-state index contributed by atoms with van der Waals surface area (Å²) in [5.41, 5.74) is -0.145. The molecule has 1 aliphatic heterocycles. The van der Waals surface area contributed by atoms with Crippen LogP contribution in [0.2, 0.25) is 0 Å². The van der Waals surface area contributed by atoms with Gasteiger partial charge in [0.2, 0.25) is 5.91 Å². The van der Waals surface area contributed by atoms with Crippen molar-refractivity contribution in [2.75, 3.05) is 18.1 Å². The molecule has 0 bridgehead atoms. The molecule has 2 aromatic rings. The molecule has 0 saturated heterocycles. The van der Waals surface area contributed by atoms with Gasteiger partial charge >= 0.3 is 6.18 Å². The minimum Gasteiger partial charge on any atom is -0.489 e. The summed E-state index contributed by atoms with van der Waals surface area (Å²) in [6.45, 7) is 0.479. The summed E-state index contributed by atoms with van der Waals surface area (Å²) >= 11 is 0. The Balaban J connectivity index is 1.84. The van der Waals surface area contributed by atoms with Crippen molar-refractivity contribution >= 4 is 11.6 Å². The fraction of sp³-hybridized carbons (Fsp3) is 0.250. The first-order valence-corrected chi connectivity index (χ1v) is 6.90. The highest BCUT2D eigenvalue weighted by Crippen LogP contribution is 2.32. The fourth-order valence-corrected chi connectivity index (χ4v) is 2.39. The van der Waals surface area contributed by atoms with Crippen LogP contribution in [0.15, 0.2) is 42.7 Å². The van der Waals surface area contributed by atoms with Crippen molar-refractivity contribution in [3.63, 3.8) is 0 Å². The van der Waals surface area contributed by atoms with Crippen LogP contribution >= 0.6 is 0 Å². The summed E-state index contributed by atoms with van der Waals surface area (Å²) < 4.78 is 51.4. The number of aromatic nitrogens is 1. The normalized spacial score (nSPS) is 14.7. The van der Waals surface area contributed by atoms with Gasteiger partial charge in [-0.3, -0.25) is 9.78 Å². The first kappa shape index (κ1) is 14.0. The third-order valence-electron chi connectivity index (χ3n) is 3.46. The van der Waals surface area contributed by atoms with E-state index in [-0.39, 0.29) is 42.8 Å². The molecule has 1 aromatic heterocycles. The maximum Gasteiger partial charge on any atom is 0.416 e. The van der Waals surface area contributed by atoms with Crippen molar-refractivity contribution in [1.29, 1.82) is 0 Å². The van der Waals surface area contributed by atoms with E-state index in [4.69, 9.17) is 6.11 Å². The van der Waals surface area contributed by atoms with Gasteiger partial charge in [0.1, 0.15) is 18.0 Å². The Labute approximate surface area is 131 Å². The zero-order valence-electron chi connectivity index (χ0n) is 12.9. The van der Waals surface area contributed by atoms with E-state index in [1.165, 1.54) is 29.4 Å². The number of carbonyl (C=O) groups is 1. The van der Waals surface area contributed by atoms with Gasteiger partial charge in [-0.05, 0) is 11.6 Å². The van der Waals surface area contributed by atoms with Crippen LogP contribution in [0.3, 0.4) is 0 Å². The van der Waals surface area contributed by atoms with Crippen molar-refractivity contribution in [2.24, 2.45) is 0 Å². The van der Waals surface area contributed by atoms with Crippen LogP contribution < -0.4 is 9.64 Å².